The van der Waals surface area contributed by atoms with Crippen LogP contribution in [0, 0.1) is 0 Å². The number of unbranched alkanes of at least 4 members (excludes halogenated alkanes) is 1. The second kappa shape index (κ2) is 7.07. The first-order valence-corrected chi connectivity index (χ1v) is 5.12. The van der Waals surface area contributed by atoms with Crippen LogP contribution in [0.2, 0.25) is 0 Å². The smallest absolute Gasteiger partial charge is 0.0639 e. The molecule has 0 aliphatic rings. The predicted octanol–water partition coefficient (Wildman–Crippen LogP) is 3.61. The molecule has 0 fully saturated rings. The fourth-order valence-corrected chi connectivity index (χ4v) is 1.13. The molecule has 0 saturated carbocycles. The molecule has 1 heteroatoms. The molecule has 0 amide bonds. The van der Waals surface area contributed by atoms with Crippen molar-refractivity contribution >= 4 is 6.21 Å². The van der Waals surface area contributed by atoms with E-state index >= 15 is 0 Å². The van der Waals surface area contributed by atoms with Gasteiger partial charge in [0.1, 0.15) is 0 Å². The van der Waals surface area contributed by atoms with Gasteiger partial charge in [0.15, 0.2) is 0 Å². The minimum absolute atomic E-state index is 0.775. The van der Waals surface area contributed by atoms with E-state index in [1.807, 2.05) is 30.5 Å². The highest BCUT2D eigenvalue weighted by Gasteiger charge is 1.84. The van der Waals surface area contributed by atoms with Crippen LogP contribution in [-0.2, 0) is 6.54 Å². The molecule has 0 atom stereocenters. The molecule has 14 heavy (non-hydrogen) atoms. The van der Waals surface area contributed by atoms with Crippen molar-refractivity contribution in [3.63, 3.8) is 0 Å². The molecule has 0 aliphatic heterocycles. The zero-order valence-electron chi connectivity index (χ0n) is 8.69. The summed E-state index contributed by atoms with van der Waals surface area (Å²) >= 11 is 0. The Bertz CT molecular complexity index is 285. The molecule has 1 nitrogen and oxygen atoms in total. The molecule has 0 radical (unpaired) electrons. The lowest BCUT2D eigenvalue weighted by Gasteiger charge is -1.92. The summed E-state index contributed by atoms with van der Waals surface area (Å²) in [4.78, 5) is 4.30. The molecule has 0 saturated heterocycles. The van der Waals surface area contributed by atoms with Gasteiger partial charge in [0.05, 0.1) is 6.54 Å². The van der Waals surface area contributed by atoms with Gasteiger partial charge in [0.25, 0.3) is 0 Å². The molecule has 74 valence electrons. The van der Waals surface area contributed by atoms with Crippen molar-refractivity contribution in [3.8, 4) is 0 Å². The molecule has 0 heterocycles. The van der Waals surface area contributed by atoms with E-state index in [9.17, 15) is 0 Å². The molecule has 0 N–H and O–H groups in total. The summed E-state index contributed by atoms with van der Waals surface area (Å²) in [6.45, 7) is 2.95. The summed E-state index contributed by atoms with van der Waals surface area (Å²) in [5, 5.41) is 0. The third-order valence-electron chi connectivity index (χ3n) is 1.90. The SMILES string of the molecule is CCC/C=C/C=NCc1ccccc1. The Kier molecular flexibility index (Phi) is 5.41. The van der Waals surface area contributed by atoms with E-state index in [2.05, 4.69) is 30.1 Å². The fraction of sp³-hybridized carbons (Fsp3) is 0.308. The van der Waals surface area contributed by atoms with Crippen molar-refractivity contribution in [1.82, 2.24) is 0 Å². The third-order valence-corrected chi connectivity index (χ3v) is 1.90. The number of aliphatic imine (C=N–C) groups is 1. The van der Waals surface area contributed by atoms with Crippen molar-refractivity contribution < 1.29 is 0 Å². The summed E-state index contributed by atoms with van der Waals surface area (Å²) in [7, 11) is 0. The van der Waals surface area contributed by atoms with Crippen LogP contribution in [0.1, 0.15) is 25.3 Å². The molecular formula is C13H17N. The molecule has 1 aromatic rings. The quantitative estimate of drug-likeness (QED) is 0.624. The first kappa shape index (κ1) is 10.7. The van der Waals surface area contributed by atoms with Gasteiger partial charge in [-0.15, -0.1) is 0 Å². The molecule has 0 unspecified atom stereocenters. The summed E-state index contributed by atoms with van der Waals surface area (Å²) in [6.07, 6.45) is 8.38. The largest absolute Gasteiger partial charge is 0.288 e. The van der Waals surface area contributed by atoms with Crippen LogP contribution >= 0.6 is 0 Å². The van der Waals surface area contributed by atoms with Crippen molar-refractivity contribution in [1.29, 1.82) is 0 Å². The maximum absolute atomic E-state index is 4.30. The Morgan fingerprint density at radius 2 is 2.00 bits per heavy atom. The molecular weight excluding hydrogens is 170 g/mol. The Morgan fingerprint density at radius 1 is 1.21 bits per heavy atom. The molecule has 1 aromatic carbocycles. The van der Waals surface area contributed by atoms with Gasteiger partial charge >= 0.3 is 0 Å². The van der Waals surface area contributed by atoms with Crippen molar-refractivity contribution in [2.24, 2.45) is 4.99 Å². The maximum atomic E-state index is 4.30. The zero-order valence-corrected chi connectivity index (χ0v) is 8.69. The fourth-order valence-electron chi connectivity index (χ4n) is 1.13. The molecule has 0 aromatic heterocycles. The second-order valence-corrected chi connectivity index (χ2v) is 3.19. The van der Waals surface area contributed by atoms with Crippen molar-refractivity contribution in [2.45, 2.75) is 26.3 Å². The number of benzene rings is 1. The van der Waals surface area contributed by atoms with Crippen LogP contribution in [0.5, 0.6) is 0 Å². The van der Waals surface area contributed by atoms with E-state index in [0.717, 1.165) is 13.0 Å². The Labute approximate surface area is 86.2 Å². The molecule has 0 aliphatic carbocycles. The van der Waals surface area contributed by atoms with Gasteiger partial charge in [0, 0.05) is 6.21 Å². The Balaban J connectivity index is 2.27. The van der Waals surface area contributed by atoms with Gasteiger partial charge in [-0.3, -0.25) is 4.99 Å². The number of rotatable bonds is 5. The highest BCUT2D eigenvalue weighted by Crippen LogP contribution is 1.99. The van der Waals surface area contributed by atoms with E-state index in [1.165, 1.54) is 12.0 Å². The predicted molar refractivity (Wildman–Crippen MR) is 62.7 cm³/mol. The van der Waals surface area contributed by atoms with Crippen LogP contribution in [0.4, 0.5) is 0 Å². The summed E-state index contributed by atoms with van der Waals surface area (Å²) in [5.41, 5.74) is 1.26. The van der Waals surface area contributed by atoms with E-state index in [4.69, 9.17) is 0 Å². The monoisotopic (exact) mass is 187 g/mol. The van der Waals surface area contributed by atoms with Crippen LogP contribution in [0.3, 0.4) is 0 Å². The van der Waals surface area contributed by atoms with Gasteiger partial charge in [0.2, 0.25) is 0 Å². The minimum Gasteiger partial charge on any atom is -0.288 e. The number of hydrogen-bond donors (Lipinski definition) is 0. The molecule has 1 rings (SSSR count). The first-order chi connectivity index (χ1) is 6.93. The third kappa shape index (κ3) is 4.61. The second-order valence-electron chi connectivity index (χ2n) is 3.19. The van der Waals surface area contributed by atoms with Crippen LogP contribution in [0.15, 0.2) is 47.5 Å². The zero-order chi connectivity index (χ0) is 10.1. The standard InChI is InChI=1S/C13H17N/c1-2-3-4-8-11-14-12-13-9-6-5-7-10-13/h4-11H,2-3,12H2,1H3/b8-4+,14-11?. The highest BCUT2D eigenvalue weighted by molar-refractivity contribution is 5.70. The average molecular weight is 187 g/mol. The van der Waals surface area contributed by atoms with Gasteiger partial charge < -0.3 is 0 Å². The highest BCUT2D eigenvalue weighted by atomic mass is 14.7. The van der Waals surface area contributed by atoms with Gasteiger partial charge in [-0.05, 0) is 18.1 Å². The maximum Gasteiger partial charge on any atom is 0.0639 e. The first-order valence-electron chi connectivity index (χ1n) is 5.12. The lowest BCUT2D eigenvalue weighted by atomic mass is 10.2. The van der Waals surface area contributed by atoms with Crippen LogP contribution in [0.25, 0.3) is 0 Å². The van der Waals surface area contributed by atoms with E-state index in [-0.39, 0.29) is 0 Å². The summed E-state index contributed by atoms with van der Waals surface area (Å²) < 4.78 is 0. The number of hydrogen-bond acceptors (Lipinski definition) is 1. The number of nitrogens with zero attached hydrogens (tertiary/aromatic N) is 1. The van der Waals surface area contributed by atoms with Crippen molar-refractivity contribution in [3.05, 3.63) is 48.0 Å². The van der Waals surface area contributed by atoms with Gasteiger partial charge in [-0.1, -0.05) is 49.8 Å². The molecule has 0 bridgehead atoms. The van der Waals surface area contributed by atoms with E-state index < -0.39 is 0 Å². The topological polar surface area (TPSA) is 12.4 Å². The lowest BCUT2D eigenvalue weighted by Crippen LogP contribution is -1.79. The Hall–Kier alpha value is -1.37. The Morgan fingerprint density at radius 3 is 2.71 bits per heavy atom. The lowest BCUT2D eigenvalue weighted by molar-refractivity contribution is 0.959. The van der Waals surface area contributed by atoms with Crippen molar-refractivity contribution in [2.75, 3.05) is 0 Å². The summed E-state index contributed by atoms with van der Waals surface area (Å²) in [6, 6.07) is 10.3. The summed E-state index contributed by atoms with van der Waals surface area (Å²) in [5.74, 6) is 0. The van der Waals surface area contributed by atoms with Gasteiger partial charge in [-0.2, -0.15) is 0 Å². The van der Waals surface area contributed by atoms with Gasteiger partial charge in [-0.25, -0.2) is 0 Å². The minimum atomic E-state index is 0.775. The average Bonchev–Trinajstić information content (AvgIpc) is 2.25. The number of allylic oxidation sites excluding steroid dienone is 2. The van der Waals surface area contributed by atoms with E-state index in [0.29, 0.717) is 0 Å². The van der Waals surface area contributed by atoms with E-state index in [1.54, 1.807) is 0 Å². The van der Waals surface area contributed by atoms with Crippen LogP contribution < -0.4 is 0 Å². The molecule has 0 spiro atoms. The normalized spacial score (nSPS) is 11.5. The van der Waals surface area contributed by atoms with Crippen LogP contribution in [-0.4, -0.2) is 6.21 Å².